The number of likely N-dealkylation sites (N-methyl/N-ethyl adjacent to an activating group) is 1. The Balaban J connectivity index is 1.57. The summed E-state index contributed by atoms with van der Waals surface area (Å²) in [5.74, 6) is -0.181. The Morgan fingerprint density at radius 3 is 2.56 bits per heavy atom. The molecular weight excluding hydrogens is 457 g/mol. The van der Waals surface area contributed by atoms with Gasteiger partial charge < -0.3 is 9.63 Å². The number of carboxylic acid groups (broad SMARTS) is 1. The van der Waals surface area contributed by atoms with E-state index in [1.165, 1.54) is 0 Å². The number of carboxylic acids is 1. The zero-order valence-corrected chi connectivity index (χ0v) is 19.5. The number of carbonyl (C=O) groups is 1. The van der Waals surface area contributed by atoms with E-state index in [1.807, 2.05) is 49.4 Å². The van der Waals surface area contributed by atoms with Crippen LogP contribution >= 0.6 is 11.6 Å². The summed E-state index contributed by atoms with van der Waals surface area (Å²) >= 11 is 6.46. The van der Waals surface area contributed by atoms with Crippen LogP contribution in [0.5, 0.6) is 0 Å². The largest absolute Gasteiger partial charge is 0.480 e. The SMILES string of the molecule is Cc1cc(-c2nc(-c3ccc(CN(C)CC(=O)O)cc3Cl)no2)ccc1-c1ccccc1CF. The van der Waals surface area contributed by atoms with Crippen LogP contribution in [-0.4, -0.2) is 39.7 Å². The number of aromatic nitrogens is 2. The average molecular weight is 480 g/mol. The van der Waals surface area contributed by atoms with Crippen LogP contribution in [0.1, 0.15) is 16.7 Å². The van der Waals surface area contributed by atoms with Gasteiger partial charge >= 0.3 is 5.97 Å². The normalized spacial score (nSPS) is 11.2. The number of hydrogen-bond acceptors (Lipinski definition) is 5. The first-order valence-electron chi connectivity index (χ1n) is 10.6. The molecule has 0 saturated carbocycles. The molecule has 0 atom stereocenters. The molecule has 0 spiro atoms. The standard InChI is InChI=1S/C26H23ClFN3O3/c1-16-11-18(8-10-20(16)21-6-4-3-5-19(21)13-28)26-29-25(30-34-26)22-9-7-17(12-23(22)27)14-31(2)15-24(32)33/h3-12H,13-15H2,1-2H3,(H,32,33). The fourth-order valence-electron chi connectivity index (χ4n) is 3.89. The summed E-state index contributed by atoms with van der Waals surface area (Å²) in [6.45, 7) is 1.81. The molecule has 4 aromatic rings. The van der Waals surface area contributed by atoms with Crippen molar-refractivity contribution in [3.05, 3.63) is 82.4 Å². The summed E-state index contributed by atoms with van der Waals surface area (Å²) in [6.07, 6.45) is 0. The van der Waals surface area contributed by atoms with Gasteiger partial charge in [-0.2, -0.15) is 4.98 Å². The number of aliphatic carboxylic acids is 1. The summed E-state index contributed by atoms with van der Waals surface area (Å²) in [4.78, 5) is 17.0. The first-order chi connectivity index (χ1) is 16.4. The van der Waals surface area contributed by atoms with E-state index >= 15 is 0 Å². The maximum atomic E-state index is 13.4. The number of nitrogens with zero attached hydrogens (tertiary/aromatic N) is 3. The molecule has 0 fully saturated rings. The van der Waals surface area contributed by atoms with Crippen molar-refractivity contribution in [3.63, 3.8) is 0 Å². The Kier molecular flexibility index (Phi) is 7.05. The van der Waals surface area contributed by atoms with Crippen molar-refractivity contribution in [2.24, 2.45) is 0 Å². The second kappa shape index (κ2) is 10.2. The van der Waals surface area contributed by atoms with Gasteiger partial charge in [-0.15, -0.1) is 0 Å². The molecule has 0 aliphatic rings. The Hall–Kier alpha value is -3.55. The van der Waals surface area contributed by atoms with Gasteiger partial charge in [0.25, 0.3) is 5.89 Å². The number of benzene rings is 3. The van der Waals surface area contributed by atoms with Crippen molar-refractivity contribution in [3.8, 4) is 34.0 Å². The van der Waals surface area contributed by atoms with E-state index in [-0.39, 0.29) is 6.54 Å². The second-order valence-electron chi connectivity index (χ2n) is 8.12. The summed E-state index contributed by atoms with van der Waals surface area (Å²) in [7, 11) is 1.73. The van der Waals surface area contributed by atoms with E-state index < -0.39 is 12.6 Å². The van der Waals surface area contributed by atoms with Gasteiger partial charge in [0.1, 0.15) is 6.67 Å². The van der Waals surface area contributed by atoms with Crippen molar-refractivity contribution in [1.82, 2.24) is 15.0 Å². The van der Waals surface area contributed by atoms with Gasteiger partial charge in [-0.3, -0.25) is 9.69 Å². The van der Waals surface area contributed by atoms with Crippen molar-refractivity contribution < 1.29 is 18.8 Å². The lowest BCUT2D eigenvalue weighted by Crippen LogP contribution is -2.25. The Morgan fingerprint density at radius 2 is 1.85 bits per heavy atom. The predicted octanol–water partition coefficient (Wildman–Crippen LogP) is 6.02. The molecule has 1 N–H and O–H groups in total. The summed E-state index contributed by atoms with van der Waals surface area (Å²) in [5, 5.41) is 13.4. The van der Waals surface area contributed by atoms with Gasteiger partial charge in [0.15, 0.2) is 0 Å². The third-order valence-corrected chi connectivity index (χ3v) is 5.80. The van der Waals surface area contributed by atoms with Crippen LogP contribution in [0.2, 0.25) is 5.02 Å². The third-order valence-electron chi connectivity index (χ3n) is 5.48. The van der Waals surface area contributed by atoms with Crippen LogP contribution in [0.25, 0.3) is 34.0 Å². The van der Waals surface area contributed by atoms with E-state index in [9.17, 15) is 9.18 Å². The van der Waals surface area contributed by atoms with Gasteiger partial charge in [-0.05, 0) is 66.1 Å². The first-order valence-corrected chi connectivity index (χ1v) is 11.0. The van der Waals surface area contributed by atoms with Gasteiger partial charge in [0, 0.05) is 17.7 Å². The molecule has 3 aromatic carbocycles. The zero-order chi connectivity index (χ0) is 24.2. The molecule has 8 heteroatoms. The molecule has 6 nitrogen and oxygen atoms in total. The molecule has 0 bridgehead atoms. The number of aryl methyl sites for hydroxylation is 1. The maximum Gasteiger partial charge on any atom is 0.317 e. The van der Waals surface area contributed by atoms with E-state index in [0.29, 0.717) is 34.4 Å². The zero-order valence-electron chi connectivity index (χ0n) is 18.8. The lowest BCUT2D eigenvalue weighted by Gasteiger charge is -2.14. The fourth-order valence-corrected chi connectivity index (χ4v) is 4.17. The van der Waals surface area contributed by atoms with E-state index in [1.54, 1.807) is 30.1 Å². The van der Waals surface area contributed by atoms with Gasteiger partial charge in [0.2, 0.25) is 5.82 Å². The van der Waals surface area contributed by atoms with Gasteiger partial charge in [-0.1, -0.05) is 53.2 Å². The van der Waals surface area contributed by atoms with Crippen LogP contribution < -0.4 is 0 Å². The smallest absolute Gasteiger partial charge is 0.317 e. The van der Waals surface area contributed by atoms with Crippen molar-refractivity contribution in [2.45, 2.75) is 20.1 Å². The minimum Gasteiger partial charge on any atom is -0.480 e. The van der Waals surface area contributed by atoms with Crippen molar-refractivity contribution >= 4 is 17.6 Å². The minimum absolute atomic E-state index is 0.0643. The first kappa shape index (κ1) is 23.6. The molecule has 34 heavy (non-hydrogen) atoms. The molecule has 0 aliphatic carbocycles. The van der Waals surface area contributed by atoms with Crippen LogP contribution in [-0.2, 0) is 18.0 Å². The summed E-state index contributed by atoms with van der Waals surface area (Å²) < 4.78 is 18.9. The van der Waals surface area contributed by atoms with E-state index in [4.69, 9.17) is 21.2 Å². The predicted molar refractivity (Wildman–Crippen MR) is 129 cm³/mol. The average Bonchev–Trinajstić information content (AvgIpc) is 3.28. The van der Waals surface area contributed by atoms with Crippen LogP contribution in [0.3, 0.4) is 0 Å². The Bertz CT molecular complexity index is 1340. The fraction of sp³-hybridized carbons (Fsp3) is 0.192. The summed E-state index contributed by atoms with van der Waals surface area (Å²) in [5.41, 5.74) is 5.66. The molecule has 1 aromatic heterocycles. The second-order valence-corrected chi connectivity index (χ2v) is 8.53. The van der Waals surface area contributed by atoms with E-state index in [0.717, 1.165) is 27.8 Å². The number of hydrogen-bond donors (Lipinski definition) is 1. The topological polar surface area (TPSA) is 79.5 Å². The maximum absolute atomic E-state index is 13.4. The highest BCUT2D eigenvalue weighted by molar-refractivity contribution is 6.33. The monoisotopic (exact) mass is 479 g/mol. The molecule has 4 rings (SSSR count). The molecule has 0 aliphatic heterocycles. The molecule has 0 saturated heterocycles. The quantitative estimate of drug-likeness (QED) is 0.333. The number of rotatable bonds is 8. The Labute approximate surface area is 201 Å². The van der Waals surface area contributed by atoms with Gasteiger partial charge in [-0.25, -0.2) is 4.39 Å². The molecule has 0 radical (unpaired) electrons. The lowest BCUT2D eigenvalue weighted by molar-refractivity contribution is -0.138. The third kappa shape index (κ3) is 5.16. The highest BCUT2D eigenvalue weighted by Crippen LogP contribution is 2.32. The number of halogens is 2. The van der Waals surface area contributed by atoms with E-state index in [2.05, 4.69) is 10.1 Å². The highest BCUT2D eigenvalue weighted by Gasteiger charge is 2.16. The molecule has 1 heterocycles. The number of alkyl halides is 1. The summed E-state index contributed by atoms with van der Waals surface area (Å²) in [6, 6.07) is 18.6. The molecule has 174 valence electrons. The van der Waals surface area contributed by atoms with Crippen LogP contribution in [0, 0.1) is 6.92 Å². The van der Waals surface area contributed by atoms with Crippen molar-refractivity contribution in [1.29, 1.82) is 0 Å². The van der Waals surface area contributed by atoms with Crippen molar-refractivity contribution in [2.75, 3.05) is 13.6 Å². The molecule has 0 amide bonds. The van der Waals surface area contributed by atoms with Crippen LogP contribution in [0.15, 0.2) is 65.2 Å². The van der Waals surface area contributed by atoms with Crippen LogP contribution in [0.4, 0.5) is 4.39 Å². The minimum atomic E-state index is -0.889. The van der Waals surface area contributed by atoms with Gasteiger partial charge in [0.05, 0.1) is 11.6 Å². The molecular formula is C26H23ClFN3O3. The molecule has 0 unspecified atom stereocenters. The lowest BCUT2D eigenvalue weighted by atomic mass is 9.95. The highest BCUT2D eigenvalue weighted by atomic mass is 35.5. The Morgan fingerprint density at radius 1 is 1.09 bits per heavy atom.